The minimum Gasteiger partial charge on any atom is -0.497 e. The lowest BCUT2D eigenvalue weighted by atomic mass is 10.1. The highest BCUT2D eigenvalue weighted by Gasteiger charge is 2.38. The maximum Gasteiger partial charge on any atom is 0.490 e. The Kier molecular flexibility index (Phi) is 8.61. The lowest BCUT2D eigenvalue weighted by Gasteiger charge is -2.10. The van der Waals surface area contributed by atoms with Gasteiger partial charge in [0.2, 0.25) is 5.91 Å². The maximum atomic E-state index is 12.1. The normalized spacial score (nSPS) is 10.8. The van der Waals surface area contributed by atoms with Crippen molar-refractivity contribution in [2.75, 3.05) is 19.5 Å². The number of hydrogen-bond donors (Lipinski definition) is 3. The first kappa shape index (κ1) is 25.0. The van der Waals surface area contributed by atoms with Gasteiger partial charge < -0.3 is 19.9 Å². The largest absolute Gasteiger partial charge is 0.497 e. The molecule has 3 aromatic rings. The molecule has 0 fully saturated rings. The fourth-order valence-corrected chi connectivity index (χ4v) is 2.48. The van der Waals surface area contributed by atoms with E-state index < -0.39 is 12.1 Å². The number of methoxy groups -OCH3 is 2. The minimum atomic E-state index is -5.08. The van der Waals surface area contributed by atoms with Crippen LogP contribution in [0.25, 0.3) is 17.2 Å². The molecule has 0 radical (unpaired) electrons. The molecule has 1 heterocycles. The first-order valence-corrected chi connectivity index (χ1v) is 9.24. The van der Waals surface area contributed by atoms with Gasteiger partial charge in [-0.05, 0) is 35.9 Å². The molecule has 8 nitrogen and oxygen atoms in total. The zero-order chi connectivity index (χ0) is 24.4. The molecular weight excluding hydrogens is 443 g/mol. The molecule has 3 rings (SSSR count). The van der Waals surface area contributed by atoms with Crippen molar-refractivity contribution in [2.24, 2.45) is 0 Å². The number of carboxylic acid groups (broad SMARTS) is 1. The molecule has 0 aliphatic carbocycles. The van der Waals surface area contributed by atoms with Crippen LogP contribution in [0.4, 0.5) is 18.9 Å². The number of carbonyl (C=O) groups excluding carboxylic acids is 1. The van der Waals surface area contributed by atoms with E-state index in [4.69, 9.17) is 19.4 Å². The summed E-state index contributed by atoms with van der Waals surface area (Å²) in [5.74, 6) is -1.55. The highest BCUT2D eigenvalue weighted by atomic mass is 19.4. The van der Waals surface area contributed by atoms with Crippen molar-refractivity contribution in [1.82, 2.24) is 10.2 Å². The summed E-state index contributed by atoms with van der Waals surface area (Å²) in [5.41, 5.74) is 3.37. The Bertz CT molecular complexity index is 1100. The molecule has 0 spiro atoms. The van der Waals surface area contributed by atoms with Gasteiger partial charge in [0.05, 0.1) is 20.4 Å². The molecule has 0 saturated heterocycles. The number of benzene rings is 2. The number of aromatic amines is 1. The molecule has 0 unspecified atom stereocenters. The van der Waals surface area contributed by atoms with Crippen LogP contribution in [0, 0.1) is 0 Å². The van der Waals surface area contributed by atoms with E-state index in [1.54, 1.807) is 38.8 Å². The Morgan fingerprint density at radius 2 is 1.76 bits per heavy atom. The quantitative estimate of drug-likeness (QED) is 0.468. The number of ether oxygens (including phenoxy) is 2. The van der Waals surface area contributed by atoms with Crippen molar-refractivity contribution in [3.05, 3.63) is 66.5 Å². The molecule has 1 amide bonds. The van der Waals surface area contributed by atoms with Crippen molar-refractivity contribution in [3.63, 3.8) is 0 Å². The predicted molar refractivity (Wildman–Crippen MR) is 115 cm³/mol. The minimum absolute atomic E-state index is 0.223. The Hall–Kier alpha value is -4.28. The summed E-state index contributed by atoms with van der Waals surface area (Å²) in [5, 5.41) is 16.7. The molecule has 0 atom stereocenters. The molecule has 1 aromatic heterocycles. The molecule has 0 aliphatic rings. The Balaban J connectivity index is 0.000000479. The van der Waals surface area contributed by atoms with Crippen LogP contribution < -0.4 is 14.8 Å². The first-order chi connectivity index (χ1) is 15.6. The SMILES string of the molecule is COc1ccc(/C=C/C(=O)Nc2ccc(-c3cn[nH]c3)c(OC)c2)cc1.O=C(O)C(F)(F)F. The van der Waals surface area contributed by atoms with Gasteiger partial charge in [-0.15, -0.1) is 0 Å². The number of carboxylic acids is 1. The van der Waals surface area contributed by atoms with E-state index in [9.17, 15) is 18.0 Å². The fraction of sp³-hybridized carbons (Fsp3) is 0.136. The second kappa shape index (κ2) is 11.4. The molecule has 0 saturated carbocycles. The number of alkyl halides is 3. The van der Waals surface area contributed by atoms with Gasteiger partial charge in [0.15, 0.2) is 0 Å². The number of H-pyrrole nitrogens is 1. The van der Waals surface area contributed by atoms with Crippen LogP contribution in [0.5, 0.6) is 11.5 Å². The van der Waals surface area contributed by atoms with Crippen LogP contribution in [-0.4, -0.2) is 47.6 Å². The first-order valence-electron chi connectivity index (χ1n) is 9.24. The zero-order valence-electron chi connectivity index (χ0n) is 17.5. The second-order valence-corrected chi connectivity index (χ2v) is 6.30. The third kappa shape index (κ3) is 7.73. The van der Waals surface area contributed by atoms with Crippen LogP contribution in [-0.2, 0) is 9.59 Å². The lowest BCUT2D eigenvalue weighted by Crippen LogP contribution is -2.21. The lowest BCUT2D eigenvalue weighted by molar-refractivity contribution is -0.192. The smallest absolute Gasteiger partial charge is 0.490 e. The summed E-state index contributed by atoms with van der Waals surface area (Å²) in [4.78, 5) is 21.0. The van der Waals surface area contributed by atoms with E-state index in [0.29, 0.717) is 11.4 Å². The van der Waals surface area contributed by atoms with Crippen molar-refractivity contribution >= 4 is 23.6 Å². The van der Waals surface area contributed by atoms with E-state index >= 15 is 0 Å². The van der Waals surface area contributed by atoms with Crippen molar-refractivity contribution in [3.8, 4) is 22.6 Å². The maximum absolute atomic E-state index is 12.1. The number of aromatic nitrogens is 2. The predicted octanol–water partition coefficient (Wildman–Crippen LogP) is 4.38. The number of halogens is 3. The summed E-state index contributed by atoms with van der Waals surface area (Å²) < 4.78 is 42.3. The molecule has 0 bridgehead atoms. The number of rotatable bonds is 6. The van der Waals surface area contributed by atoms with Crippen molar-refractivity contribution < 1.29 is 37.3 Å². The highest BCUT2D eigenvalue weighted by molar-refractivity contribution is 6.02. The molecule has 0 aliphatic heterocycles. The number of hydrogen-bond acceptors (Lipinski definition) is 5. The van der Waals surface area contributed by atoms with Crippen LogP contribution in [0.1, 0.15) is 5.56 Å². The monoisotopic (exact) mass is 463 g/mol. The van der Waals surface area contributed by atoms with Crippen LogP contribution in [0.2, 0.25) is 0 Å². The third-order valence-corrected chi connectivity index (χ3v) is 4.06. The molecule has 11 heteroatoms. The number of nitrogens with zero attached hydrogens (tertiary/aromatic N) is 1. The van der Waals surface area contributed by atoms with E-state index in [0.717, 1.165) is 22.4 Å². The average Bonchev–Trinajstić information content (AvgIpc) is 3.32. The van der Waals surface area contributed by atoms with Gasteiger partial charge in [-0.25, -0.2) is 4.79 Å². The summed E-state index contributed by atoms with van der Waals surface area (Å²) in [6, 6.07) is 12.9. The molecule has 2 aromatic carbocycles. The van der Waals surface area contributed by atoms with E-state index in [1.807, 2.05) is 36.4 Å². The van der Waals surface area contributed by atoms with Gasteiger partial charge in [-0.2, -0.15) is 18.3 Å². The number of carbonyl (C=O) groups is 2. The van der Waals surface area contributed by atoms with Crippen molar-refractivity contribution in [2.45, 2.75) is 6.18 Å². The second-order valence-electron chi connectivity index (χ2n) is 6.30. The van der Waals surface area contributed by atoms with Crippen LogP contribution in [0.3, 0.4) is 0 Å². The molecular formula is C22H20F3N3O5. The van der Waals surface area contributed by atoms with Gasteiger partial charge >= 0.3 is 12.1 Å². The Morgan fingerprint density at radius 1 is 1.09 bits per heavy atom. The highest BCUT2D eigenvalue weighted by Crippen LogP contribution is 2.31. The number of anilines is 1. The van der Waals surface area contributed by atoms with Gasteiger partial charge in [-0.3, -0.25) is 9.89 Å². The third-order valence-electron chi connectivity index (χ3n) is 4.06. The molecule has 3 N–H and O–H groups in total. The van der Waals surface area contributed by atoms with Gasteiger partial charge in [0.25, 0.3) is 0 Å². The fourth-order valence-electron chi connectivity index (χ4n) is 2.48. The Morgan fingerprint density at radius 3 is 2.27 bits per heavy atom. The Labute approximate surface area is 186 Å². The van der Waals surface area contributed by atoms with E-state index in [-0.39, 0.29) is 5.91 Å². The van der Waals surface area contributed by atoms with E-state index in [1.165, 1.54) is 6.08 Å². The topological polar surface area (TPSA) is 114 Å². The van der Waals surface area contributed by atoms with Crippen LogP contribution >= 0.6 is 0 Å². The standard InChI is InChI=1S/C20H19N3O3.C2HF3O2/c1-25-17-7-3-14(4-8-17)5-10-20(24)23-16-6-9-18(19(11-16)26-2)15-12-21-22-13-15;3-2(4,5)1(6)7/h3-13H,1-2H3,(H,21,22)(H,23,24);(H,6,7)/b10-5+;. The molecule has 33 heavy (non-hydrogen) atoms. The van der Waals surface area contributed by atoms with Crippen molar-refractivity contribution in [1.29, 1.82) is 0 Å². The summed E-state index contributed by atoms with van der Waals surface area (Å²) in [6.07, 6.45) is 1.64. The molecule has 174 valence electrons. The zero-order valence-corrected chi connectivity index (χ0v) is 17.5. The number of amides is 1. The van der Waals surface area contributed by atoms with Gasteiger partial charge in [0, 0.05) is 35.2 Å². The average molecular weight is 463 g/mol. The van der Waals surface area contributed by atoms with Gasteiger partial charge in [0.1, 0.15) is 11.5 Å². The number of nitrogens with one attached hydrogen (secondary N) is 2. The van der Waals surface area contributed by atoms with E-state index in [2.05, 4.69) is 15.5 Å². The number of aliphatic carboxylic acids is 1. The summed E-state index contributed by atoms with van der Waals surface area (Å²) in [6.45, 7) is 0. The van der Waals surface area contributed by atoms with Crippen LogP contribution in [0.15, 0.2) is 60.9 Å². The van der Waals surface area contributed by atoms with Gasteiger partial charge in [-0.1, -0.05) is 12.1 Å². The summed E-state index contributed by atoms with van der Waals surface area (Å²) >= 11 is 0. The summed E-state index contributed by atoms with van der Waals surface area (Å²) in [7, 11) is 3.21.